The second-order valence-corrected chi connectivity index (χ2v) is 7.72. The van der Waals surface area contributed by atoms with Gasteiger partial charge < -0.3 is 18.9 Å². The molecule has 2 aromatic carbocycles. The number of carbonyl (C=O) groups is 3. The highest BCUT2D eigenvalue weighted by Gasteiger charge is 2.51. The maximum Gasteiger partial charge on any atom is 0.347 e. The molecule has 0 saturated carbocycles. The fraction of sp³-hybridized carbons (Fsp3) is 0.250. The molecule has 1 N–H and O–H groups in total. The van der Waals surface area contributed by atoms with Crippen LogP contribution in [-0.4, -0.2) is 57.6 Å². The molecule has 0 aliphatic carbocycles. The lowest BCUT2D eigenvalue weighted by molar-refractivity contribution is -0.156. The van der Waals surface area contributed by atoms with E-state index in [9.17, 15) is 24.0 Å². The van der Waals surface area contributed by atoms with Gasteiger partial charge in [0.2, 0.25) is 0 Å². The molecule has 0 spiro atoms. The van der Waals surface area contributed by atoms with Gasteiger partial charge in [-0.25, -0.2) is 14.4 Å². The fourth-order valence-electron chi connectivity index (χ4n) is 3.62. The maximum atomic E-state index is 12.8. The number of aromatic amines is 1. The van der Waals surface area contributed by atoms with Crippen LogP contribution in [0.5, 0.6) is 0 Å². The minimum atomic E-state index is -1.40. The highest BCUT2D eigenvalue weighted by Crippen LogP contribution is 2.33. The molecule has 36 heavy (non-hydrogen) atoms. The fourth-order valence-corrected chi connectivity index (χ4v) is 3.62. The number of benzene rings is 2. The summed E-state index contributed by atoms with van der Waals surface area (Å²) < 4.78 is 23.0. The Hall–Kier alpha value is -4.58. The van der Waals surface area contributed by atoms with Crippen LogP contribution >= 0.6 is 0 Å². The molecule has 2 heterocycles. The number of nitrogens with zero attached hydrogens (tertiary/aromatic N) is 2. The Morgan fingerprint density at radius 3 is 2.11 bits per heavy atom. The molecule has 0 amide bonds. The van der Waals surface area contributed by atoms with Crippen LogP contribution in [0.3, 0.4) is 0 Å². The SMILES string of the molecule is CC(=O)O[C@H]1C(OC(=O)c2ccccc2)[C@@H](COC(=O)c2ccccc2)O[C@H]1n1ncc(=O)[nH]c1=O. The molecule has 0 bridgehead atoms. The molecule has 12 heteroatoms. The van der Waals surface area contributed by atoms with E-state index in [1.54, 1.807) is 48.5 Å². The topological polar surface area (TPSA) is 156 Å². The Balaban J connectivity index is 1.65. The third kappa shape index (κ3) is 5.55. The third-order valence-electron chi connectivity index (χ3n) is 5.21. The lowest BCUT2D eigenvalue weighted by Gasteiger charge is -2.24. The Morgan fingerprint density at radius 1 is 0.917 bits per heavy atom. The number of hydrogen-bond donors (Lipinski definition) is 1. The smallest absolute Gasteiger partial charge is 0.347 e. The standard InChI is InChI=1S/C24H21N3O9/c1-14(28)34-20-19(36-23(31)16-10-6-3-7-11-16)17(13-33-22(30)15-8-4-2-5-9-15)35-21(20)27-24(32)26-18(29)12-25-27/h2-12,17,19-21H,13H2,1H3,(H,26,29,32)/t17-,19?,20+,21-/m1/s1. The van der Waals surface area contributed by atoms with E-state index >= 15 is 0 Å². The zero-order chi connectivity index (χ0) is 25.7. The van der Waals surface area contributed by atoms with Crippen LogP contribution in [-0.2, 0) is 23.7 Å². The number of carbonyl (C=O) groups excluding carboxylic acids is 3. The average Bonchev–Trinajstić information content (AvgIpc) is 3.19. The van der Waals surface area contributed by atoms with Gasteiger partial charge >= 0.3 is 23.6 Å². The van der Waals surface area contributed by atoms with Gasteiger partial charge in [-0.15, -0.1) is 0 Å². The molecular formula is C24H21N3O9. The van der Waals surface area contributed by atoms with Crippen molar-refractivity contribution < 1.29 is 33.3 Å². The number of ether oxygens (including phenoxy) is 4. The molecule has 1 aliphatic heterocycles. The minimum Gasteiger partial charge on any atom is -0.459 e. The van der Waals surface area contributed by atoms with Crippen LogP contribution in [0.25, 0.3) is 0 Å². The Bertz CT molecular complexity index is 1350. The number of nitrogens with one attached hydrogen (secondary N) is 1. The normalized spacial score (nSPS) is 20.9. The summed E-state index contributed by atoms with van der Waals surface area (Å²) in [6.07, 6.45) is -4.36. The van der Waals surface area contributed by atoms with Crippen molar-refractivity contribution in [1.29, 1.82) is 0 Å². The first-order valence-electron chi connectivity index (χ1n) is 10.8. The first-order chi connectivity index (χ1) is 17.3. The van der Waals surface area contributed by atoms with Crippen LogP contribution in [0.15, 0.2) is 76.4 Å². The van der Waals surface area contributed by atoms with Gasteiger partial charge in [0, 0.05) is 6.92 Å². The number of aromatic nitrogens is 3. The zero-order valence-electron chi connectivity index (χ0n) is 18.9. The number of hydrogen-bond acceptors (Lipinski definition) is 10. The van der Waals surface area contributed by atoms with E-state index in [1.165, 1.54) is 12.1 Å². The molecule has 4 rings (SSSR count). The average molecular weight is 495 g/mol. The highest BCUT2D eigenvalue weighted by atomic mass is 16.7. The lowest BCUT2D eigenvalue weighted by Crippen LogP contribution is -2.43. The van der Waals surface area contributed by atoms with E-state index < -0.39 is 60.3 Å². The van der Waals surface area contributed by atoms with Crippen molar-refractivity contribution in [2.45, 2.75) is 31.5 Å². The van der Waals surface area contributed by atoms with Crippen molar-refractivity contribution in [2.24, 2.45) is 0 Å². The number of rotatable bonds is 7. The lowest BCUT2D eigenvalue weighted by atomic mass is 10.1. The third-order valence-corrected chi connectivity index (χ3v) is 5.21. The van der Waals surface area contributed by atoms with Gasteiger partial charge in [0.25, 0.3) is 5.56 Å². The Morgan fingerprint density at radius 2 is 1.53 bits per heavy atom. The monoisotopic (exact) mass is 495 g/mol. The van der Waals surface area contributed by atoms with Crippen molar-refractivity contribution >= 4 is 17.9 Å². The molecule has 3 aromatic rings. The molecule has 0 radical (unpaired) electrons. The van der Waals surface area contributed by atoms with E-state index in [0.717, 1.165) is 17.8 Å². The van der Waals surface area contributed by atoms with E-state index in [0.29, 0.717) is 0 Å². The highest BCUT2D eigenvalue weighted by molar-refractivity contribution is 5.90. The second kappa shape index (κ2) is 10.8. The Labute approximate surface area is 203 Å². The quantitative estimate of drug-likeness (QED) is 0.368. The summed E-state index contributed by atoms with van der Waals surface area (Å²) in [6, 6.07) is 16.2. The molecule has 1 saturated heterocycles. The molecule has 4 atom stereocenters. The zero-order valence-corrected chi connectivity index (χ0v) is 18.9. The predicted molar refractivity (Wildman–Crippen MR) is 121 cm³/mol. The summed E-state index contributed by atoms with van der Waals surface area (Å²) in [5.41, 5.74) is -1.21. The summed E-state index contributed by atoms with van der Waals surface area (Å²) >= 11 is 0. The molecule has 186 valence electrons. The van der Waals surface area contributed by atoms with Crippen LogP contribution in [0.4, 0.5) is 0 Å². The van der Waals surface area contributed by atoms with Gasteiger partial charge in [-0.3, -0.25) is 14.6 Å². The van der Waals surface area contributed by atoms with Gasteiger partial charge in [-0.05, 0) is 24.3 Å². The predicted octanol–water partition coefficient (Wildman–Crippen LogP) is 0.843. The number of esters is 3. The van der Waals surface area contributed by atoms with Crippen LogP contribution in [0, 0.1) is 0 Å². The van der Waals surface area contributed by atoms with Gasteiger partial charge in [-0.2, -0.15) is 9.78 Å². The molecule has 1 aliphatic rings. The summed E-state index contributed by atoms with van der Waals surface area (Å²) in [5, 5.41) is 3.76. The minimum absolute atomic E-state index is 0.210. The van der Waals surface area contributed by atoms with Crippen LogP contribution < -0.4 is 11.2 Å². The summed E-state index contributed by atoms with van der Waals surface area (Å²) in [6.45, 7) is 0.714. The molecular weight excluding hydrogens is 474 g/mol. The van der Waals surface area contributed by atoms with Crippen molar-refractivity contribution in [3.8, 4) is 0 Å². The molecule has 1 aromatic heterocycles. The summed E-state index contributed by atoms with van der Waals surface area (Å²) in [7, 11) is 0. The van der Waals surface area contributed by atoms with E-state index in [2.05, 4.69) is 5.10 Å². The van der Waals surface area contributed by atoms with E-state index in [4.69, 9.17) is 18.9 Å². The maximum absolute atomic E-state index is 12.8. The first kappa shape index (κ1) is 24.5. The van der Waals surface area contributed by atoms with E-state index in [-0.39, 0.29) is 11.1 Å². The van der Waals surface area contributed by atoms with Crippen molar-refractivity contribution in [1.82, 2.24) is 14.8 Å². The summed E-state index contributed by atoms with van der Waals surface area (Å²) in [5.74, 6) is -2.18. The van der Waals surface area contributed by atoms with Gasteiger partial charge in [0.05, 0.1) is 11.1 Å². The van der Waals surface area contributed by atoms with Gasteiger partial charge in [0.15, 0.2) is 18.4 Å². The first-order valence-corrected chi connectivity index (χ1v) is 10.8. The van der Waals surface area contributed by atoms with Crippen molar-refractivity contribution in [2.75, 3.05) is 6.61 Å². The molecule has 1 unspecified atom stereocenters. The molecule has 12 nitrogen and oxygen atoms in total. The van der Waals surface area contributed by atoms with Gasteiger partial charge in [-0.1, -0.05) is 36.4 Å². The van der Waals surface area contributed by atoms with Crippen molar-refractivity contribution in [3.05, 3.63) is 98.8 Å². The Kier molecular flexibility index (Phi) is 7.35. The van der Waals surface area contributed by atoms with Crippen molar-refractivity contribution in [3.63, 3.8) is 0 Å². The van der Waals surface area contributed by atoms with E-state index in [1.807, 2.05) is 4.98 Å². The largest absolute Gasteiger partial charge is 0.459 e. The summed E-state index contributed by atoms with van der Waals surface area (Å²) in [4.78, 5) is 63.1. The van der Waals surface area contributed by atoms with Crippen LogP contribution in [0.1, 0.15) is 33.9 Å². The second-order valence-electron chi connectivity index (χ2n) is 7.72. The van der Waals surface area contributed by atoms with Gasteiger partial charge in [0.1, 0.15) is 18.9 Å². The number of H-pyrrole nitrogens is 1. The molecule has 1 fully saturated rings. The van der Waals surface area contributed by atoms with Crippen LogP contribution in [0.2, 0.25) is 0 Å².